The highest BCUT2D eigenvalue weighted by molar-refractivity contribution is 7.59. The highest BCUT2D eigenvalue weighted by atomic mass is 31.2. The fourth-order valence-corrected chi connectivity index (χ4v) is 1.78. The Bertz CT molecular complexity index is 218. The Morgan fingerprint density at radius 3 is 2.15 bits per heavy atom. The lowest BCUT2D eigenvalue weighted by atomic mass is 10.8. The minimum absolute atomic E-state index is 0.226. The molecule has 0 amide bonds. The maximum atomic E-state index is 11.6. The minimum atomic E-state index is -3.19. The first-order chi connectivity index (χ1) is 6.18. The van der Waals surface area contributed by atoms with Gasteiger partial charge in [-0.2, -0.15) is 0 Å². The molecular formula is C8H15O4P. The van der Waals surface area contributed by atoms with Gasteiger partial charge in [-0.1, -0.05) is 5.92 Å². The van der Waals surface area contributed by atoms with Crippen LogP contribution in [-0.2, 0) is 18.3 Å². The van der Waals surface area contributed by atoms with Crippen molar-refractivity contribution in [2.75, 3.05) is 26.9 Å². The molecule has 0 aromatic carbocycles. The summed E-state index contributed by atoms with van der Waals surface area (Å²) in [7, 11) is -1.68. The molecule has 0 heterocycles. The molecule has 0 aliphatic heterocycles. The van der Waals surface area contributed by atoms with Crippen LogP contribution in [0.5, 0.6) is 0 Å². The fourth-order valence-electron chi connectivity index (χ4n) is 0.643. The van der Waals surface area contributed by atoms with Crippen LogP contribution in [0.1, 0.15) is 13.8 Å². The van der Waals surface area contributed by atoms with Gasteiger partial charge in [0.05, 0.1) is 13.2 Å². The van der Waals surface area contributed by atoms with Crippen molar-refractivity contribution in [2.45, 2.75) is 13.8 Å². The van der Waals surface area contributed by atoms with Crippen LogP contribution in [0.25, 0.3) is 0 Å². The van der Waals surface area contributed by atoms with Crippen molar-refractivity contribution in [2.24, 2.45) is 0 Å². The van der Waals surface area contributed by atoms with Crippen LogP contribution >= 0.6 is 7.60 Å². The predicted octanol–water partition coefficient (Wildman–Crippen LogP) is 1.86. The van der Waals surface area contributed by atoms with E-state index in [-0.39, 0.29) is 6.61 Å². The van der Waals surface area contributed by atoms with Crippen molar-refractivity contribution in [1.29, 1.82) is 0 Å². The van der Waals surface area contributed by atoms with Crippen LogP contribution < -0.4 is 0 Å². The van der Waals surface area contributed by atoms with Gasteiger partial charge in [0, 0.05) is 12.8 Å². The van der Waals surface area contributed by atoms with E-state index in [1.807, 2.05) is 0 Å². The maximum absolute atomic E-state index is 11.6. The molecule has 0 aliphatic rings. The van der Waals surface area contributed by atoms with Gasteiger partial charge in [0.1, 0.15) is 6.61 Å². The van der Waals surface area contributed by atoms with E-state index in [2.05, 4.69) is 16.3 Å². The fraction of sp³-hybridized carbons (Fsp3) is 0.750. The summed E-state index contributed by atoms with van der Waals surface area (Å²) in [5, 5.41) is 0. The van der Waals surface area contributed by atoms with E-state index in [0.29, 0.717) is 13.2 Å². The number of ether oxygens (including phenoxy) is 1. The smallest absolute Gasteiger partial charge is 0.372 e. The number of methoxy groups -OCH3 is 1. The molecule has 0 unspecified atom stereocenters. The molecule has 0 radical (unpaired) electrons. The van der Waals surface area contributed by atoms with Crippen LogP contribution in [0.15, 0.2) is 0 Å². The summed E-state index contributed by atoms with van der Waals surface area (Å²) in [6.07, 6.45) is 0. The van der Waals surface area contributed by atoms with Crippen molar-refractivity contribution in [3.63, 3.8) is 0 Å². The maximum Gasteiger partial charge on any atom is 0.405 e. The molecule has 5 heteroatoms. The average molecular weight is 206 g/mol. The van der Waals surface area contributed by atoms with E-state index in [9.17, 15) is 4.57 Å². The highest BCUT2D eigenvalue weighted by Gasteiger charge is 2.19. The molecular weight excluding hydrogens is 191 g/mol. The zero-order valence-corrected chi connectivity index (χ0v) is 9.10. The Hall–Kier alpha value is -0.330. The van der Waals surface area contributed by atoms with Gasteiger partial charge < -0.3 is 4.74 Å². The molecule has 0 saturated heterocycles. The Morgan fingerprint density at radius 1 is 1.23 bits per heavy atom. The molecule has 76 valence electrons. The molecule has 0 rings (SSSR count). The molecule has 0 spiro atoms. The van der Waals surface area contributed by atoms with Crippen molar-refractivity contribution in [1.82, 2.24) is 0 Å². The summed E-state index contributed by atoms with van der Waals surface area (Å²) < 4.78 is 26.1. The van der Waals surface area contributed by atoms with E-state index in [4.69, 9.17) is 9.05 Å². The van der Waals surface area contributed by atoms with Crippen LogP contribution in [0.2, 0.25) is 0 Å². The molecule has 4 nitrogen and oxygen atoms in total. The van der Waals surface area contributed by atoms with Crippen molar-refractivity contribution in [3.8, 4) is 11.6 Å². The average Bonchev–Trinajstić information content (AvgIpc) is 2.05. The van der Waals surface area contributed by atoms with Gasteiger partial charge in [-0.3, -0.25) is 9.05 Å². The van der Waals surface area contributed by atoms with Gasteiger partial charge in [0.15, 0.2) is 0 Å². The van der Waals surface area contributed by atoms with Gasteiger partial charge in [0.2, 0.25) is 0 Å². The molecule has 0 atom stereocenters. The van der Waals surface area contributed by atoms with Crippen LogP contribution in [0.3, 0.4) is 0 Å². The first kappa shape index (κ1) is 12.7. The normalized spacial score (nSPS) is 10.7. The zero-order chi connectivity index (χ0) is 10.2. The lowest BCUT2D eigenvalue weighted by molar-refractivity contribution is 0.229. The Kier molecular flexibility index (Phi) is 6.93. The largest absolute Gasteiger partial charge is 0.405 e. The summed E-state index contributed by atoms with van der Waals surface area (Å²) >= 11 is 0. The lowest BCUT2D eigenvalue weighted by Crippen LogP contribution is -1.93. The zero-order valence-electron chi connectivity index (χ0n) is 8.20. The van der Waals surface area contributed by atoms with Gasteiger partial charge in [-0.25, -0.2) is 4.57 Å². The van der Waals surface area contributed by atoms with Gasteiger partial charge in [-0.15, -0.1) is 0 Å². The van der Waals surface area contributed by atoms with Gasteiger partial charge in [-0.05, 0) is 13.8 Å². The molecule has 0 bridgehead atoms. The van der Waals surface area contributed by atoms with Crippen molar-refractivity contribution < 1.29 is 18.3 Å². The molecule has 13 heavy (non-hydrogen) atoms. The van der Waals surface area contributed by atoms with Gasteiger partial charge in [0.25, 0.3) is 0 Å². The second-order valence-corrected chi connectivity index (χ2v) is 3.79. The third-order valence-electron chi connectivity index (χ3n) is 1.03. The Morgan fingerprint density at radius 2 is 1.77 bits per heavy atom. The molecule has 0 aromatic rings. The number of hydrogen-bond acceptors (Lipinski definition) is 4. The number of rotatable bonds is 5. The highest BCUT2D eigenvalue weighted by Crippen LogP contribution is 2.46. The van der Waals surface area contributed by atoms with Gasteiger partial charge >= 0.3 is 7.60 Å². The van der Waals surface area contributed by atoms with E-state index < -0.39 is 7.60 Å². The second kappa shape index (κ2) is 7.11. The summed E-state index contributed by atoms with van der Waals surface area (Å²) in [5.41, 5.74) is 2.44. The Labute approximate surface area is 79.1 Å². The van der Waals surface area contributed by atoms with Crippen LogP contribution in [-0.4, -0.2) is 26.9 Å². The summed E-state index contributed by atoms with van der Waals surface area (Å²) in [6.45, 7) is 4.34. The van der Waals surface area contributed by atoms with Crippen LogP contribution in [0.4, 0.5) is 0 Å². The lowest BCUT2D eigenvalue weighted by Gasteiger charge is -2.09. The molecule has 0 saturated carbocycles. The third kappa shape index (κ3) is 5.84. The van der Waals surface area contributed by atoms with Crippen molar-refractivity contribution >= 4 is 7.60 Å². The molecule has 0 N–H and O–H groups in total. The first-order valence-corrected chi connectivity index (χ1v) is 5.61. The third-order valence-corrected chi connectivity index (χ3v) is 2.66. The molecule has 0 fully saturated rings. The molecule has 0 aromatic heterocycles. The van der Waals surface area contributed by atoms with E-state index in [0.717, 1.165) is 0 Å². The van der Waals surface area contributed by atoms with Crippen LogP contribution in [0, 0.1) is 11.6 Å². The van der Waals surface area contributed by atoms with E-state index in [1.165, 1.54) is 7.11 Å². The minimum Gasteiger partial charge on any atom is -0.372 e. The standard InChI is InChI=1S/C8H15O4P/c1-4-11-13(9,12-5-2)8-6-7-10-3/h4-5,7H2,1-3H3. The SMILES string of the molecule is CCOP(=O)(C#CCOC)OCC. The summed E-state index contributed by atoms with van der Waals surface area (Å²) in [5.74, 6) is 2.56. The quantitative estimate of drug-likeness (QED) is 0.508. The number of hydrogen-bond donors (Lipinski definition) is 0. The van der Waals surface area contributed by atoms with E-state index >= 15 is 0 Å². The van der Waals surface area contributed by atoms with E-state index in [1.54, 1.807) is 13.8 Å². The Balaban J connectivity index is 4.25. The predicted molar refractivity (Wildman–Crippen MR) is 50.5 cm³/mol. The van der Waals surface area contributed by atoms with Crippen molar-refractivity contribution in [3.05, 3.63) is 0 Å². The molecule has 0 aliphatic carbocycles. The second-order valence-electron chi connectivity index (χ2n) is 2.05. The topological polar surface area (TPSA) is 44.8 Å². The summed E-state index contributed by atoms with van der Waals surface area (Å²) in [6, 6.07) is 0. The first-order valence-electron chi connectivity index (χ1n) is 4.06. The summed E-state index contributed by atoms with van der Waals surface area (Å²) in [4.78, 5) is 0. The monoisotopic (exact) mass is 206 g/mol.